The molecule has 1 saturated heterocycles. The summed E-state index contributed by atoms with van der Waals surface area (Å²) in [6.45, 7) is 4.99. The van der Waals surface area contributed by atoms with Crippen LogP contribution in [0.4, 0.5) is 0 Å². The second-order valence-corrected chi connectivity index (χ2v) is 5.20. The summed E-state index contributed by atoms with van der Waals surface area (Å²) >= 11 is 0. The molecule has 0 saturated carbocycles. The van der Waals surface area contributed by atoms with Gasteiger partial charge >= 0.3 is 0 Å². The molecule has 1 aromatic rings. The molecule has 0 N–H and O–H groups in total. The summed E-state index contributed by atoms with van der Waals surface area (Å²) in [4.78, 5) is 0. The molecule has 1 aliphatic heterocycles. The van der Waals surface area contributed by atoms with Crippen molar-refractivity contribution in [3.05, 3.63) is 41.5 Å². The van der Waals surface area contributed by atoms with Crippen molar-refractivity contribution in [1.82, 2.24) is 0 Å². The summed E-state index contributed by atoms with van der Waals surface area (Å²) in [6, 6.07) is 10.4. The van der Waals surface area contributed by atoms with Gasteiger partial charge in [-0.15, -0.1) is 0 Å². The third kappa shape index (κ3) is 4.48. The highest BCUT2D eigenvalue weighted by Crippen LogP contribution is 2.25. The van der Waals surface area contributed by atoms with Crippen molar-refractivity contribution in [2.45, 2.75) is 51.9 Å². The number of rotatable bonds is 6. The van der Waals surface area contributed by atoms with Gasteiger partial charge in [0, 0.05) is 0 Å². The molecule has 2 rings (SSSR count). The first-order valence-electron chi connectivity index (χ1n) is 7.32. The third-order valence-electron chi connectivity index (χ3n) is 3.36. The van der Waals surface area contributed by atoms with Gasteiger partial charge in [0.15, 0.2) is 6.29 Å². The molecular formula is C17H24O2. The van der Waals surface area contributed by atoms with E-state index in [1.165, 1.54) is 30.4 Å². The van der Waals surface area contributed by atoms with Crippen molar-refractivity contribution in [2.24, 2.45) is 0 Å². The van der Waals surface area contributed by atoms with E-state index in [2.05, 4.69) is 44.2 Å². The minimum atomic E-state index is -0.146. The predicted octanol–water partition coefficient (Wildman–Crippen LogP) is 4.41. The van der Waals surface area contributed by atoms with E-state index in [1.807, 2.05) is 6.07 Å². The van der Waals surface area contributed by atoms with Gasteiger partial charge < -0.3 is 9.47 Å². The largest absolute Gasteiger partial charge is 0.346 e. The van der Waals surface area contributed by atoms with E-state index in [0.29, 0.717) is 6.61 Å². The molecule has 0 radical (unpaired) electrons. The Morgan fingerprint density at radius 1 is 1.26 bits per heavy atom. The lowest BCUT2D eigenvalue weighted by molar-refractivity contribution is -0.0267. The molecule has 19 heavy (non-hydrogen) atoms. The number of ether oxygens (including phenoxy) is 2. The predicted molar refractivity (Wildman–Crippen MR) is 78.8 cm³/mol. The maximum absolute atomic E-state index is 5.84. The van der Waals surface area contributed by atoms with Crippen LogP contribution in [0.2, 0.25) is 0 Å². The topological polar surface area (TPSA) is 18.5 Å². The van der Waals surface area contributed by atoms with Gasteiger partial charge in [0.1, 0.15) is 0 Å². The Morgan fingerprint density at radius 3 is 2.68 bits per heavy atom. The Kier molecular flexibility index (Phi) is 5.62. The molecule has 1 aromatic carbocycles. The van der Waals surface area contributed by atoms with Crippen molar-refractivity contribution in [3.63, 3.8) is 0 Å². The Morgan fingerprint density at radius 2 is 2.05 bits per heavy atom. The van der Waals surface area contributed by atoms with E-state index < -0.39 is 0 Å². The number of hydrogen-bond acceptors (Lipinski definition) is 2. The second kappa shape index (κ2) is 7.46. The van der Waals surface area contributed by atoms with E-state index in [0.717, 1.165) is 6.42 Å². The number of hydrogen-bond donors (Lipinski definition) is 0. The molecule has 0 spiro atoms. The fourth-order valence-corrected chi connectivity index (χ4v) is 2.31. The van der Waals surface area contributed by atoms with Gasteiger partial charge in [-0.3, -0.25) is 0 Å². The lowest BCUT2D eigenvalue weighted by Gasteiger charge is -2.15. The molecule has 2 atom stereocenters. The first-order valence-corrected chi connectivity index (χ1v) is 7.32. The normalized spacial score (nSPS) is 23.8. The molecule has 2 unspecified atom stereocenters. The summed E-state index contributed by atoms with van der Waals surface area (Å²) in [5.74, 6) is 0. The molecule has 1 fully saturated rings. The molecule has 2 nitrogen and oxygen atoms in total. The van der Waals surface area contributed by atoms with Crippen LogP contribution >= 0.6 is 0 Å². The van der Waals surface area contributed by atoms with Gasteiger partial charge in [-0.25, -0.2) is 0 Å². The molecular weight excluding hydrogens is 236 g/mol. The summed E-state index contributed by atoms with van der Waals surface area (Å²) in [7, 11) is 0. The van der Waals surface area contributed by atoms with Crippen molar-refractivity contribution in [1.29, 1.82) is 0 Å². The van der Waals surface area contributed by atoms with Crippen molar-refractivity contribution < 1.29 is 9.47 Å². The average Bonchev–Trinajstić information content (AvgIpc) is 2.86. The van der Waals surface area contributed by atoms with Crippen LogP contribution < -0.4 is 0 Å². The van der Waals surface area contributed by atoms with E-state index in [1.54, 1.807) is 0 Å². The maximum Gasteiger partial charge on any atom is 0.180 e. The van der Waals surface area contributed by atoms with Crippen molar-refractivity contribution >= 4 is 6.08 Å². The van der Waals surface area contributed by atoms with Crippen LogP contribution in [-0.2, 0) is 9.47 Å². The molecule has 1 aliphatic rings. The summed E-state index contributed by atoms with van der Waals surface area (Å²) in [5, 5.41) is 0. The fraction of sp³-hybridized carbons (Fsp3) is 0.529. The van der Waals surface area contributed by atoms with Crippen molar-refractivity contribution in [3.8, 4) is 0 Å². The van der Waals surface area contributed by atoms with Gasteiger partial charge in [0.25, 0.3) is 0 Å². The molecule has 2 heteroatoms. The summed E-state index contributed by atoms with van der Waals surface area (Å²) in [6.07, 6.45) is 7.03. The van der Waals surface area contributed by atoms with Crippen LogP contribution in [-0.4, -0.2) is 19.0 Å². The number of unbranched alkanes of at least 4 members (excludes halogenated alkanes) is 2. The average molecular weight is 260 g/mol. The maximum atomic E-state index is 5.84. The number of benzene rings is 1. The van der Waals surface area contributed by atoms with Crippen LogP contribution in [0.15, 0.2) is 35.9 Å². The minimum absolute atomic E-state index is 0.146. The molecule has 0 aliphatic carbocycles. The Labute approximate surface area is 116 Å². The van der Waals surface area contributed by atoms with E-state index >= 15 is 0 Å². The second-order valence-electron chi connectivity index (χ2n) is 5.20. The quantitative estimate of drug-likeness (QED) is 0.705. The lowest BCUT2D eigenvalue weighted by Crippen LogP contribution is -2.13. The van der Waals surface area contributed by atoms with Gasteiger partial charge in [-0.1, -0.05) is 56.2 Å². The highest BCUT2D eigenvalue weighted by atomic mass is 16.7. The molecule has 0 aromatic heterocycles. The van der Waals surface area contributed by atoms with Crippen LogP contribution in [0.25, 0.3) is 6.08 Å². The minimum Gasteiger partial charge on any atom is -0.346 e. The Hall–Kier alpha value is -1.12. The SMILES string of the molecule is CCCCC/C(=C/c1ccccc1)C1OCC(C)O1. The molecule has 0 amide bonds. The zero-order valence-corrected chi connectivity index (χ0v) is 12.0. The Bertz CT molecular complexity index is 397. The highest BCUT2D eigenvalue weighted by Gasteiger charge is 2.25. The van der Waals surface area contributed by atoms with Crippen LogP contribution in [0.1, 0.15) is 45.1 Å². The lowest BCUT2D eigenvalue weighted by atomic mass is 10.0. The fourth-order valence-electron chi connectivity index (χ4n) is 2.31. The Balaban J connectivity index is 2.07. The summed E-state index contributed by atoms with van der Waals surface area (Å²) in [5.41, 5.74) is 2.49. The molecule has 104 valence electrons. The van der Waals surface area contributed by atoms with Crippen LogP contribution in [0.5, 0.6) is 0 Å². The standard InChI is InChI=1S/C17H24O2/c1-3-4-6-11-16(17-18-13-14(2)19-17)12-15-9-7-5-8-10-15/h5,7-10,12,14,17H,3-4,6,11,13H2,1-2H3/b16-12-. The smallest absolute Gasteiger partial charge is 0.180 e. The monoisotopic (exact) mass is 260 g/mol. The van der Waals surface area contributed by atoms with Gasteiger partial charge in [-0.2, -0.15) is 0 Å². The van der Waals surface area contributed by atoms with E-state index in [4.69, 9.17) is 9.47 Å². The van der Waals surface area contributed by atoms with Gasteiger partial charge in [0.05, 0.1) is 12.7 Å². The van der Waals surface area contributed by atoms with Crippen LogP contribution in [0, 0.1) is 0 Å². The first-order chi connectivity index (χ1) is 9.29. The zero-order valence-electron chi connectivity index (χ0n) is 12.0. The highest BCUT2D eigenvalue weighted by molar-refractivity contribution is 5.53. The van der Waals surface area contributed by atoms with Crippen LogP contribution in [0.3, 0.4) is 0 Å². The van der Waals surface area contributed by atoms with Gasteiger partial charge in [-0.05, 0) is 30.9 Å². The first kappa shape index (κ1) is 14.3. The molecule has 1 heterocycles. The summed E-state index contributed by atoms with van der Waals surface area (Å²) < 4.78 is 11.6. The van der Waals surface area contributed by atoms with E-state index in [-0.39, 0.29) is 12.4 Å². The third-order valence-corrected chi connectivity index (χ3v) is 3.36. The zero-order chi connectivity index (χ0) is 13.5. The molecule has 0 bridgehead atoms. The van der Waals surface area contributed by atoms with Gasteiger partial charge in [0.2, 0.25) is 0 Å². The van der Waals surface area contributed by atoms with E-state index in [9.17, 15) is 0 Å². The van der Waals surface area contributed by atoms with Crippen molar-refractivity contribution in [2.75, 3.05) is 6.61 Å².